The van der Waals surface area contributed by atoms with Crippen LogP contribution in [0.15, 0.2) is 47.8 Å². The van der Waals surface area contributed by atoms with E-state index in [1.54, 1.807) is 0 Å². The Morgan fingerprint density at radius 1 is 1.17 bits per heavy atom. The molecule has 1 aromatic carbocycles. The zero-order chi connectivity index (χ0) is 12.6. The van der Waals surface area contributed by atoms with Gasteiger partial charge in [0.15, 0.2) is 0 Å². The topological polar surface area (TPSA) is 21.3 Å². The standard InChI is InChI=1S/C15H19NOS/c1-16-13(9-10-15-8-5-11-18-15)12-17-14-6-3-2-4-7-14/h2-8,11,13,16H,9-10,12H2,1H3. The maximum Gasteiger partial charge on any atom is 0.119 e. The average Bonchev–Trinajstić information content (AvgIpc) is 2.93. The van der Waals surface area contributed by atoms with Gasteiger partial charge in [-0.1, -0.05) is 24.3 Å². The van der Waals surface area contributed by atoms with Gasteiger partial charge in [-0.25, -0.2) is 0 Å². The summed E-state index contributed by atoms with van der Waals surface area (Å²) < 4.78 is 5.77. The predicted molar refractivity (Wildman–Crippen MR) is 77.4 cm³/mol. The van der Waals surface area contributed by atoms with Gasteiger partial charge in [-0.05, 0) is 43.5 Å². The Kier molecular flexibility index (Phi) is 5.24. The molecule has 1 aromatic heterocycles. The molecule has 2 aromatic rings. The lowest BCUT2D eigenvalue weighted by Crippen LogP contribution is -2.32. The second-order valence-corrected chi connectivity index (χ2v) is 5.26. The molecule has 0 amide bonds. The van der Waals surface area contributed by atoms with Crippen LogP contribution < -0.4 is 10.1 Å². The zero-order valence-electron chi connectivity index (χ0n) is 10.6. The molecule has 96 valence electrons. The van der Waals surface area contributed by atoms with Crippen molar-refractivity contribution < 1.29 is 4.74 Å². The molecule has 1 atom stereocenters. The fourth-order valence-electron chi connectivity index (χ4n) is 1.80. The summed E-state index contributed by atoms with van der Waals surface area (Å²) in [4.78, 5) is 1.44. The molecule has 2 rings (SSSR count). The third kappa shape index (κ3) is 4.17. The predicted octanol–water partition coefficient (Wildman–Crippen LogP) is 3.35. The van der Waals surface area contributed by atoms with Crippen molar-refractivity contribution in [1.29, 1.82) is 0 Å². The summed E-state index contributed by atoms with van der Waals surface area (Å²) in [6, 6.07) is 14.7. The Morgan fingerprint density at radius 3 is 2.67 bits per heavy atom. The molecule has 0 spiro atoms. The van der Waals surface area contributed by atoms with Crippen LogP contribution in [0, 0.1) is 0 Å². The molecule has 1 N–H and O–H groups in total. The number of aryl methyl sites for hydroxylation is 1. The normalized spacial score (nSPS) is 12.3. The molecule has 18 heavy (non-hydrogen) atoms. The van der Waals surface area contributed by atoms with E-state index in [0.717, 1.165) is 18.6 Å². The number of thiophene rings is 1. The van der Waals surface area contributed by atoms with Crippen LogP contribution in [-0.4, -0.2) is 19.7 Å². The van der Waals surface area contributed by atoms with Crippen LogP contribution in [0.2, 0.25) is 0 Å². The van der Waals surface area contributed by atoms with Crippen molar-refractivity contribution in [2.24, 2.45) is 0 Å². The molecule has 0 aliphatic rings. The van der Waals surface area contributed by atoms with Gasteiger partial charge in [-0.2, -0.15) is 0 Å². The summed E-state index contributed by atoms with van der Waals surface area (Å²) in [6.07, 6.45) is 2.21. The summed E-state index contributed by atoms with van der Waals surface area (Å²) >= 11 is 1.82. The van der Waals surface area contributed by atoms with E-state index in [4.69, 9.17) is 4.74 Å². The van der Waals surface area contributed by atoms with Crippen LogP contribution in [0.25, 0.3) is 0 Å². The lowest BCUT2D eigenvalue weighted by Gasteiger charge is -2.16. The fraction of sp³-hybridized carbons (Fsp3) is 0.333. The maximum atomic E-state index is 5.77. The fourth-order valence-corrected chi connectivity index (χ4v) is 2.52. The first-order valence-electron chi connectivity index (χ1n) is 6.26. The number of ether oxygens (including phenoxy) is 1. The van der Waals surface area contributed by atoms with Gasteiger partial charge in [0, 0.05) is 10.9 Å². The van der Waals surface area contributed by atoms with Gasteiger partial charge in [-0.15, -0.1) is 11.3 Å². The Morgan fingerprint density at radius 2 is 2.00 bits per heavy atom. The van der Waals surface area contributed by atoms with E-state index >= 15 is 0 Å². The third-order valence-electron chi connectivity index (χ3n) is 2.92. The highest BCUT2D eigenvalue weighted by Gasteiger charge is 2.07. The van der Waals surface area contributed by atoms with Crippen molar-refractivity contribution in [3.05, 3.63) is 52.7 Å². The Labute approximate surface area is 113 Å². The molecule has 0 fully saturated rings. The van der Waals surface area contributed by atoms with Crippen LogP contribution in [0.1, 0.15) is 11.3 Å². The molecule has 0 radical (unpaired) electrons. The van der Waals surface area contributed by atoms with Crippen LogP contribution in [0.3, 0.4) is 0 Å². The van der Waals surface area contributed by atoms with Gasteiger partial charge in [0.1, 0.15) is 12.4 Å². The smallest absolute Gasteiger partial charge is 0.119 e. The maximum absolute atomic E-state index is 5.77. The SMILES string of the molecule is CNC(CCc1cccs1)COc1ccccc1. The molecular formula is C15H19NOS. The summed E-state index contributed by atoms with van der Waals surface area (Å²) in [6.45, 7) is 0.714. The number of hydrogen-bond donors (Lipinski definition) is 1. The quantitative estimate of drug-likeness (QED) is 0.825. The number of nitrogens with one attached hydrogen (secondary N) is 1. The minimum Gasteiger partial charge on any atom is -0.492 e. The summed E-state index contributed by atoms with van der Waals surface area (Å²) in [7, 11) is 1.99. The minimum atomic E-state index is 0.396. The number of hydrogen-bond acceptors (Lipinski definition) is 3. The highest BCUT2D eigenvalue weighted by Crippen LogP contribution is 2.13. The third-order valence-corrected chi connectivity index (χ3v) is 3.86. The van der Waals surface area contributed by atoms with Crippen LogP contribution in [-0.2, 0) is 6.42 Å². The highest BCUT2D eigenvalue weighted by molar-refractivity contribution is 7.09. The first kappa shape index (κ1) is 13.1. The molecule has 0 saturated heterocycles. The molecule has 0 saturated carbocycles. The van der Waals surface area contributed by atoms with Crippen molar-refractivity contribution in [2.75, 3.05) is 13.7 Å². The van der Waals surface area contributed by atoms with Crippen LogP contribution >= 0.6 is 11.3 Å². The monoisotopic (exact) mass is 261 g/mol. The van der Waals surface area contributed by atoms with Crippen LogP contribution in [0.4, 0.5) is 0 Å². The first-order chi connectivity index (χ1) is 8.88. The molecule has 3 heteroatoms. The molecular weight excluding hydrogens is 242 g/mol. The van der Waals surface area contributed by atoms with E-state index in [0.29, 0.717) is 12.6 Å². The summed E-state index contributed by atoms with van der Waals surface area (Å²) in [5.74, 6) is 0.939. The molecule has 1 unspecified atom stereocenters. The largest absolute Gasteiger partial charge is 0.492 e. The molecule has 0 aliphatic carbocycles. The highest BCUT2D eigenvalue weighted by atomic mass is 32.1. The summed E-state index contributed by atoms with van der Waals surface area (Å²) in [5.41, 5.74) is 0. The van der Waals surface area contributed by atoms with Crippen molar-refractivity contribution in [3.8, 4) is 5.75 Å². The zero-order valence-corrected chi connectivity index (χ0v) is 11.5. The van der Waals surface area contributed by atoms with Gasteiger partial charge in [-0.3, -0.25) is 0 Å². The number of para-hydroxylation sites is 1. The van der Waals surface area contributed by atoms with Crippen LogP contribution in [0.5, 0.6) is 5.75 Å². The van der Waals surface area contributed by atoms with Gasteiger partial charge in [0.05, 0.1) is 0 Å². The van der Waals surface area contributed by atoms with Gasteiger partial charge in [0.2, 0.25) is 0 Å². The van der Waals surface area contributed by atoms with Gasteiger partial charge < -0.3 is 10.1 Å². The Bertz CT molecular complexity index is 427. The molecule has 0 bridgehead atoms. The van der Waals surface area contributed by atoms with E-state index in [2.05, 4.69) is 22.8 Å². The average molecular weight is 261 g/mol. The first-order valence-corrected chi connectivity index (χ1v) is 7.14. The molecule has 0 aliphatic heterocycles. The molecule has 1 heterocycles. The Hall–Kier alpha value is -1.32. The van der Waals surface area contributed by atoms with Crippen molar-refractivity contribution in [2.45, 2.75) is 18.9 Å². The van der Waals surface area contributed by atoms with Crippen molar-refractivity contribution in [3.63, 3.8) is 0 Å². The van der Waals surface area contributed by atoms with Gasteiger partial charge >= 0.3 is 0 Å². The van der Waals surface area contributed by atoms with E-state index in [1.165, 1.54) is 4.88 Å². The van der Waals surface area contributed by atoms with Crippen molar-refractivity contribution >= 4 is 11.3 Å². The van der Waals surface area contributed by atoms with Crippen molar-refractivity contribution in [1.82, 2.24) is 5.32 Å². The Balaban J connectivity index is 1.75. The van der Waals surface area contributed by atoms with E-state index in [9.17, 15) is 0 Å². The molecule has 2 nitrogen and oxygen atoms in total. The second-order valence-electron chi connectivity index (χ2n) is 4.23. The second kappa shape index (κ2) is 7.19. The minimum absolute atomic E-state index is 0.396. The lowest BCUT2D eigenvalue weighted by molar-refractivity contribution is 0.264. The number of rotatable bonds is 7. The van der Waals surface area contributed by atoms with E-state index in [-0.39, 0.29) is 0 Å². The van der Waals surface area contributed by atoms with E-state index < -0.39 is 0 Å². The van der Waals surface area contributed by atoms with E-state index in [1.807, 2.05) is 48.7 Å². The van der Waals surface area contributed by atoms with Gasteiger partial charge in [0.25, 0.3) is 0 Å². The number of benzene rings is 1. The summed E-state index contributed by atoms with van der Waals surface area (Å²) in [5, 5.41) is 5.44. The lowest BCUT2D eigenvalue weighted by atomic mass is 10.1. The number of likely N-dealkylation sites (N-methyl/N-ethyl adjacent to an activating group) is 1.